The lowest BCUT2D eigenvalue weighted by molar-refractivity contribution is -0.131. The zero-order valence-electron chi connectivity index (χ0n) is 15.2. The van der Waals surface area contributed by atoms with Crippen molar-refractivity contribution in [1.29, 1.82) is 0 Å². The number of nitrogens with one attached hydrogen (secondary N) is 1. The Hall–Kier alpha value is -1.64. The van der Waals surface area contributed by atoms with Crippen molar-refractivity contribution >= 4 is 21.6 Å². The number of amides is 1. The number of piperazine rings is 1. The summed E-state index contributed by atoms with van der Waals surface area (Å²) in [4.78, 5) is 13.9. The maximum absolute atomic E-state index is 12.7. The fourth-order valence-electron chi connectivity index (χ4n) is 3.04. The number of hydrogen-bond acceptors (Lipinski definition) is 5. The Morgan fingerprint density at radius 3 is 2.32 bits per heavy atom. The molecule has 0 atom stereocenters. The van der Waals surface area contributed by atoms with E-state index in [1.54, 1.807) is 0 Å². The van der Waals surface area contributed by atoms with Gasteiger partial charge in [-0.05, 0) is 44.4 Å². The van der Waals surface area contributed by atoms with E-state index in [0.717, 1.165) is 12.1 Å². The number of hydroxylamine groups is 1. The third-order valence-electron chi connectivity index (χ3n) is 4.88. The van der Waals surface area contributed by atoms with Crippen molar-refractivity contribution in [3.05, 3.63) is 29.3 Å². The highest BCUT2D eigenvalue weighted by atomic mass is 32.2. The Morgan fingerprint density at radius 2 is 1.84 bits per heavy atom. The smallest absolute Gasteiger partial charge is 0.265 e. The van der Waals surface area contributed by atoms with Crippen molar-refractivity contribution in [3.8, 4) is 0 Å². The van der Waals surface area contributed by atoms with Gasteiger partial charge in [-0.1, -0.05) is 19.1 Å². The van der Waals surface area contributed by atoms with Crippen LogP contribution in [0.5, 0.6) is 0 Å². The maximum atomic E-state index is 12.7. The van der Waals surface area contributed by atoms with Crippen LogP contribution in [-0.2, 0) is 21.2 Å². The fraction of sp³-hybridized carbons (Fsp3) is 0.588. The lowest BCUT2D eigenvalue weighted by Crippen LogP contribution is -2.57. The first-order valence-corrected chi connectivity index (χ1v) is 9.88. The molecule has 1 aromatic carbocycles. The summed E-state index contributed by atoms with van der Waals surface area (Å²) in [5.41, 5.74) is 5.01. The van der Waals surface area contributed by atoms with Crippen molar-refractivity contribution in [2.24, 2.45) is 0 Å². The van der Waals surface area contributed by atoms with E-state index in [1.807, 2.05) is 0 Å². The lowest BCUT2D eigenvalue weighted by Gasteiger charge is -2.39. The summed E-state index contributed by atoms with van der Waals surface area (Å²) in [5.74, 6) is -0.930. The first kappa shape index (κ1) is 19.7. The molecule has 8 heteroatoms. The second-order valence-electron chi connectivity index (χ2n) is 6.82. The van der Waals surface area contributed by atoms with Gasteiger partial charge in [-0.25, -0.2) is 13.9 Å². The van der Waals surface area contributed by atoms with Crippen LogP contribution in [-0.4, -0.2) is 54.8 Å². The number of sulfonamides is 1. The molecular weight excluding hydrogens is 342 g/mol. The number of rotatable bonds is 5. The van der Waals surface area contributed by atoms with Gasteiger partial charge in [0, 0.05) is 31.9 Å². The van der Waals surface area contributed by atoms with Crippen molar-refractivity contribution in [2.45, 2.75) is 38.9 Å². The van der Waals surface area contributed by atoms with Crippen LogP contribution in [0.15, 0.2) is 18.2 Å². The topological polar surface area (TPSA) is 90.0 Å². The third kappa shape index (κ3) is 3.65. The van der Waals surface area contributed by atoms with Crippen molar-refractivity contribution in [3.63, 3.8) is 0 Å². The summed E-state index contributed by atoms with van der Waals surface area (Å²) >= 11 is 0. The average Bonchev–Trinajstić information content (AvgIpc) is 2.60. The molecule has 0 unspecified atom stereocenters. The van der Waals surface area contributed by atoms with E-state index in [0.29, 0.717) is 26.2 Å². The van der Waals surface area contributed by atoms with Crippen LogP contribution in [0.25, 0.3) is 0 Å². The molecular formula is C17H27N3O4S. The summed E-state index contributed by atoms with van der Waals surface area (Å²) < 4.78 is 25.1. The average molecular weight is 369 g/mol. The van der Waals surface area contributed by atoms with Crippen molar-refractivity contribution in [2.75, 3.05) is 31.1 Å². The minimum Gasteiger partial charge on any atom is -0.369 e. The van der Waals surface area contributed by atoms with Gasteiger partial charge in [0.15, 0.2) is 4.75 Å². The molecule has 1 aromatic rings. The third-order valence-corrected chi connectivity index (χ3v) is 7.40. The number of benzene rings is 1. The van der Waals surface area contributed by atoms with Gasteiger partial charge in [0.05, 0.1) is 0 Å². The summed E-state index contributed by atoms with van der Waals surface area (Å²) in [7, 11) is -3.86. The Morgan fingerprint density at radius 1 is 1.24 bits per heavy atom. The van der Waals surface area contributed by atoms with Gasteiger partial charge >= 0.3 is 0 Å². The van der Waals surface area contributed by atoms with E-state index >= 15 is 0 Å². The molecule has 25 heavy (non-hydrogen) atoms. The molecule has 0 aromatic heterocycles. The molecule has 140 valence electrons. The fourth-order valence-corrected chi connectivity index (χ4v) is 4.61. The predicted molar refractivity (Wildman–Crippen MR) is 97.3 cm³/mol. The SMILES string of the molecule is CCc1ccc(N2CCN(S(=O)(=O)C(C)(C)C(=O)NO)CC2)c(C)c1. The second kappa shape index (κ2) is 7.31. The quantitative estimate of drug-likeness (QED) is 0.603. The van der Waals surface area contributed by atoms with Gasteiger partial charge in [-0.15, -0.1) is 0 Å². The van der Waals surface area contributed by atoms with Gasteiger partial charge in [0.2, 0.25) is 10.0 Å². The van der Waals surface area contributed by atoms with Crippen LogP contribution in [0.3, 0.4) is 0 Å². The molecule has 0 bridgehead atoms. The Bertz CT molecular complexity index is 738. The maximum Gasteiger partial charge on any atom is 0.265 e. The van der Waals surface area contributed by atoms with Gasteiger partial charge < -0.3 is 4.90 Å². The number of hydrogen-bond donors (Lipinski definition) is 2. The lowest BCUT2D eigenvalue weighted by atomic mass is 10.1. The normalized spacial score (nSPS) is 16.8. The predicted octanol–water partition coefficient (Wildman–Crippen LogP) is 1.29. The minimum atomic E-state index is -3.86. The summed E-state index contributed by atoms with van der Waals surface area (Å²) in [6, 6.07) is 6.34. The molecule has 1 amide bonds. The van der Waals surface area contributed by atoms with Crippen LogP contribution in [0.2, 0.25) is 0 Å². The Kier molecular flexibility index (Phi) is 5.75. The van der Waals surface area contributed by atoms with Crippen LogP contribution in [0.1, 0.15) is 31.9 Å². The van der Waals surface area contributed by atoms with E-state index < -0.39 is 20.7 Å². The molecule has 1 aliphatic rings. The number of carbonyl (C=O) groups is 1. The number of aryl methyl sites for hydroxylation is 2. The van der Waals surface area contributed by atoms with E-state index in [1.165, 1.54) is 34.8 Å². The molecule has 0 spiro atoms. The van der Waals surface area contributed by atoms with Gasteiger partial charge in [-0.3, -0.25) is 10.0 Å². The van der Waals surface area contributed by atoms with Crippen LogP contribution >= 0.6 is 0 Å². The Labute approximate surface area is 149 Å². The van der Waals surface area contributed by atoms with Crippen LogP contribution in [0, 0.1) is 6.92 Å². The van der Waals surface area contributed by atoms with Gasteiger partial charge in [-0.2, -0.15) is 4.31 Å². The molecule has 1 aliphatic heterocycles. The van der Waals surface area contributed by atoms with Crippen molar-refractivity contribution in [1.82, 2.24) is 9.79 Å². The molecule has 7 nitrogen and oxygen atoms in total. The summed E-state index contributed by atoms with van der Waals surface area (Å²) in [6.07, 6.45) is 0.981. The standard InChI is InChI=1S/C17H27N3O4S/c1-5-14-6-7-15(13(2)12-14)19-8-10-20(11-9-19)25(23,24)17(3,4)16(21)18-22/h6-7,12,22H,5,8-11H2,1-4H3,(H,18,21). The molecule has 2 N–H and O–H groups in total. The molecule has 0 saturated carbocycles. The summed E-state index contributed by atoms with van der Waals surface area (Å²) in [5, 5.41) is 8.81. The van der Waals surface area contributed by atoms with Crippen LogP contribution < -0.4 is 10.4 Å². The molecule has 1 fully saturated rings. The highest BCUT2D eigenvalue weighted by Crippen LogP contribution is 2.26. The zero-order chi connectivity index (χ0) is 18.8. The van der Waals surface area contributed by atoms with E-state index in [9.17, 15) is 13.2 Å². The van der Waals surface area contributed by atoms with Gasteiger partial charge in [0.25, 0.3) is 5.91 Å². The van der Waals surface area contributed by atoms with Crippen molar-refractivity contribution < 1.29 is 18.4 Å². The summed E-state index contributed by atoms with van der Waals surface area (Å²) in [6.45, 7) is 8.50. The number of anilines is 1. The highest BCUT2D eigenvalue weighted by Gasteiger charge is 2.46. The monoisotopic (exact) mass is 369 g/mol. The largest absolute Gasteiger partial charge is 0.369 e. The number of nitrogens with zero attached hydrogens (tertiary/aromatic N) is 2. The van der Waals surface area contributed by atoms with E-state index in [-0.39, 0.29) is 0 Å². The Balaban J connectivity index is 2.13. The first-order chi connectivity index (χ1) is 11.6. The highest BCUT2D eigenvalue weighted by molar-refractivity contribution is 7.91. The minimum absolute atomic E-state index is 0.305. The molecule has 2 rings (SSSR count). The van der Waals surface area contributed by atoms with E-state index in [4.69, 9.17) is 5.21 Å². The molecule has 1 saturated heterocycles. The molecule has 1 heterocycles. The first-order valence-electron chi connectivity index (χ1n) is 8.43. The molecule has 0 radical (unpaired) electrons. The van der Waals surface area contributed by atoms with E-state index in [2.05, 4.69) is 36.9 Å². The van der Waals surface area contributed by atoms with Gasteiger partial charge in [0.1, 0.15) is 0 Å². The zero-order valence-corrected chi connectivity index (χ0v) is 16.1. The van der Waals surface area contributed by atoms with Crippen LogP contribution in [0.4, 0.5) is 5.69 Å². The second-order valence-corrected chi connectivity index (χ2v) is 9.30. The molecule has 0 aliphatic carbocycles. The number of carbonyl (C=O) groups excluding carboxylic acids is 1.